The molecule has 1 aromatic heterocycles. The molecule has 0 radical (unpaired) electrons. The van der Waals surface area contributed by atoms with Crippen molar-refractivity contribution in [2.24, 2.45) is 0 Å². The topological polar surface area (TPSA) is 146 Å². The summed E-state index contributed by atoms with van der Waals surface area (Å²) < 4.78 is 50.7. The lowest BCUT2D eigenvalue weighted by Crippen LogP contribution is -2.16. The Kier molecular flexibility index (Phi) is 7.88. The first-order valence-corrected chi connectivity index (χ1v) is 13.2. The lowest BCUT2D eigenvalue weighted by atomic mass is 10.0. The molecule has 200 valence electrons. The van der Waals surface area contributed by atoms with E-state index in [1.807, 2.05) is 6.08 Å². The fourth-order valence-electron chi connectivity index (χ4n) is 3.81. The summed E-state index contributed by atoms with van der Waals surface area (Å²) >= 11 is 0. The molecule has 0 atom stereocenters. The molecule has 11 nitrogen and oxygen atoms in total. The lowest BCUT2D eigenvalue weighted by molar-refractivity contribution is -0.387. The molecule has 0 unspecified atom stereocenters. The van der Waals surface area contributed by atoms with Gasteiger partial charge in [0.05, 0.1) is 46.8 Å². The van der Waals surface area contributed by atoms with Crippen LogP contribution < -0.4 is 15.4 Å². The van der Waals surface area contributed by atoms with Gasteiger partial charge in [0.2, 0.25) is 11.8 Å². The van der Waals surface area contributed by atoms with E-state index in [2.05, 4.69) is 20.6 Å². The minimum atomic E-state index is -3.62. The Labute approximate surface area is 218 Å². The lowest BCUT2D eigenvalue weighted by Gasteiger charge is -2.20. The SMILES string of the molecule is COc1cc(F)c([N+](=O)[O-])cc1Nc1ncc(C2=CCOCC2)c(Nc2ccccc2S(=O)(=O)C(C)C)n1. The number of nitro groups is 1. The highest BCUT2D eigenvalue weighted by Crippen LogP contribution is 2.36. The summed E-state index contributed by atoms with van der Waals surface area (Å²) in [5, 5.41) is 16.6. The normalized spacial score (nSPS) is 13.7. The number of benzene rings is 2. The number of hydrogen-bond acceptors (Lipinski definition) is 10. The van der Waals surface area contributed by atoms with Crippen LogP contribution in [0.5, 0.6) is 5.75 Å². The number of anilines is 4. The summed E-state index contributed by atoms with van der Waals surface area (Å²) in [6.07, 6.45) is 4.04. The molecular formula is C25H26FN5O6S. The molecule has 2 aromatic carbocycles. The van der Waals surface area contributed by atoms with Gasteiger partial charge in [-0.15, -0.1) is 0 Å². The number of nitro benzene ring substituents is 1. The molecule has 0 bridgehead atoms. The van der Waals surface area contributed by atoms with Gasteiger partial charge in [-0.25, -0.2) is 13.4 Å². The van der Waals surface area contributed by atoms with Crippen LogP contribution in [-0.2, 0) is 14.6 Å². The van der Waals surface area contributed by atoms with Crippen molar-refractivity contribution in [2.75, 3.05) is 31.0 Å². The van der Waals surface area contributed by atoms with E-state index in [1.54, 1.807) is 38.2 Å². The summed E-state index contributed by atoms with van der Waals surface area (Å²) in [6, 6.07) is 8.39. The number of nitrogens with zero attached hydrogens (tertiary/aromatic N) is 3. The van der Waals surface area contributed by atoms with Gasteiger partial charge in [-0.05, 0) is 38.0 Å². The van der Waals surface area contributed by atoms with E-state index in [4.69, 9.17) is 9.47 Å². The molecule has 2 N–H and O–H groups in total. The fraction of sp³-hybridized carbons (Fsp3) is 0.280. The van der Waals surface area contributed by atoms with E-state index < -0.39 is 31.5 Å². The number of ether oxygens (including phenoxy) is 2. The zero-order chi connectivity index (χ0) is 27.4. The molecule has 4 rings (SSSR count). The average molecular weight is 544 g/mol. The van der Waals surface area contributed by atoms with Gasteiger partial charge in [-0.1, -0.05) is 18.2 Å². The molecule has 3 aromatic rings. The van der Waals surface area contributed by atoms with Crippen molar-refractivity contribution in [3.63, 3.8) is 0 Å². The first kappa shape index (κ1) is 26.9. The quantitative estimate of drug-likeness (QED) is 0.279. The third kappa shape index (κ3) is 5.58. The number of aromatic nitrogens is 2. The van der Waals surface area contributed by atoms with Crippen LogP contribution in [-0.4, -0.2) is 48.9 Å². The number of sulfone groups is 1. The highest BCUT2D eigenvalue weighted by Gasteiger charge is 2.24. The predicted octanol–water partition coefficient (Wildman–Crippen LogP) is 5.01. The molecule has 0 aliphatic carbocycles. The highest BCUT2D eigenvalue weighted by atomic mass is 32.2. The van der Waals surface area contributed by atoms with Gasteiger partial charge >= 0.3 is 5.69 Å². The van der Waals surface area contributed by atoms with Crippen LogP contribution in [0.2, 0.25) is 0 Å². The standard InChI is InChI=1S/C25H26FN5O6S/c1-15(2)38(34,35)23-7-5-4-6-19(23)28-24-17(16-8-10-37-11-9-16)14-27-25(30-24)29-20-13-21(31(32)33)18(26)12-22(20)36-3/h4-8,12-15H,9-11H2,1-3H3,(H2,27,28,29,30). The minimum absolute atomic E-state index is 0.01000. The van der Waals surface area contributed by atoms with E-state index >= 15 is 0 Å². The second kappa shape index (κ2) is 11.1. The molecule has 1 aliphatic heterocycles. The van der Waals surface area contributed by atoms with Gasteiger partial charge in [0.25, 0.3) is 0 Å². The van der Waals surface area contributed by atoms with Gasteiger partial charge in [-0.3, -0.25) is 10.1 Å². The summed E-state index contributed by atoms with van der Waals surface area (Å²) in [4.78, 5) is 19.4. The molecule has 0 fully saturated rings. The monoisotopic (exact) mass is 543 g/mol. The van der Waals surface area contributed by atoms with Gasteiger partial charge in [0.1, 0.15) is 11.6 Å². The van der Waals surface area contributed by atoms with E-state index in [-0.39, 0.29) is 22.3 Å². The van der Waals surface area contributed by atoms with Gasteiger partial charge in [0, 0.05) is 23.9 Å². The summed E-state index contributed by atoms with van der Waals surface area (Å²) in [7, 11) is -2.32. The van der Waals surface area contributed by atoms with Gasteiger partial charge in [-0.2, -0.15) is 9.37 Å². The van der Waals surface area contributed by atoms with Crippen LogP contribution in [0, 0.1) is 15.9 Å². The van der Waals surface area contributed by atoms with Crippen LogP contribution in [0.4, 0.5) is 33.2 Å². The van der Waals surface area contributed by atoms with E-state index in [0.717, 1.165) is 17.7 Å². The molecule has 0 amide bonds. The van der Waals surface area contributed by atoms with Crippen LogP contribution >= 0.6 is 0 Å². The molecule has 38 heavy (non-hydrogen) atoms. The van der Waals surface area contributed by atoms with Crippen molar-refractivity contribution >= 4 is 44.2 Å². The van der Waals surface area contributed by atoms with Crippen LogP contribution in [0.15, 0.2) is 53.6 Å². The molecular weight excluding hydrogens is 517 g/mol. The van der Waals surface area contributed by atoms with Crippen molar-refractivity contribution in [3.8, 4) is 5.75 Å². The predicted molar refractivity (Wildman–Crippen MR) is 140 cm³/mol. The van der Waals surface area contributed by atoms with Crippen molar-refractivity contribution in [2.45, 2.75) is 30.4 Å². The highest BCUT2D eigenvalue weighted by molar-refractivity contribution is 7.92. The molecule has 2 heterocycles. The second-order valence-corrected chi connectivity index (χ2v) is 11.1. The van der Waals surface area contributed by atoms with E-state index in [1.165, 1.54) is 13.2 Å². The third-order valence-corrected chi connectivity index (χ3v) is 8.09. The Morgan fingerprint density at radius 3 is 2.61 bits per heavy atom. The van der Waals surface area contributed by atoms with Crippen molar-refractivity contribution in [1.82, 2.24) is 9.97 Å². The first-order valence-electron chi connectivity index (χ1n) is 11.6. The number of rotatable bonds is 9. The number of halogens is 1. The molecule has 13 heteroatoms. The minimum Gasteiger partial charge on any atom is -0.494 e. The number of para-hydroxylation sites is 1. The maximum Gasteiger partial charge on any atom is 0.307 e. The molecule has 0 saturated heterocycles. The Balaban J connectivity index is 1.80. The van der Waals surface area contributed by atoms with E-state index in [0.29, 0.717) is 36.7 Å². The Hall–Kier alpha value is -4.10. The second-order valence-electron chi connectivity index (χ2n) is 8.61. The van der Waals surface area contributed by atoms with Crippen LogP contribution in [0.1, 0.15) is 25.8 Å². The number of hydrogen-bond donors (Lipinski definition) is 2. The largest absolute Gasteiger partial charge is 0.494 e. The smallest absolute Gasteiger partial charge is 0.307 e. The zero-order valence-corrected chi connectivity index (χ0v) is 21.7. The Bertz CT molecular complexity index is 1510. The van der Waals surface area contributed by atoms with Crippen LogP contribution in [0.25, 0.3) is 5.57 Å². The van der Waals surface area contributed by atoms with Gasteiger partial charge < -0.3 is 20.1 Å². The Morgan fingerprint density at radius 1 is 1.18 bits per heavy atom. The fourth-order valence-corrected chi connectivity index (χ4v) is 5.02. The number of methoxy groups -OCH3 is 1. The summed E-state index contributed by atoms with van der Waals surface area (Å²) in [5.41, 5.74) is 1.20. The maximum absolute atomic E-state index is 14.1. The Morgan fingerprint density at radius 2 is 1.95 bits per heavy atom. The first-order chi connectivity index (χ1) is 18.1. The van der Waals surface area contributed by atoms with Crippen molar-refractivity contribution in [1.29, 1.82) is 0 Å². The van der Waals surface area contributed by atoms with Crippen molar-refractivity contribution < 1.29 is 27.2 Å². The molecule has 0 spiro atoms. The third-order valence-electron chi connectivity index (χ3n) is 5.88. The maximum atomic E-state index is 14.1. The number of nitrogens with one attached hydrogen (secondary N) is 2. The van der Waals surface area contributed by atoms with Gasteiger partial charge in [0.15, 0.2) is 9.84 Å². The summed E-state index contributed by atoms with van der Waals surface area (Å²) in [6.45, 7) is 4.11. The van der Waals surface area contributed by atoms with E-state index in [9.17, 15) is 22.9 Å². The summed E-state index contributed by atoms with van der Waals surface area (Å²) in [5.74, 6) is -0.716. The molecule has 1 aliphatic rings. The zero-order valence-electron chi connectivity index (χ0n) is 20.9. The van der Waals surface area contributed by atoms with Crippen LogP contribution in [0.3, 0.4) is 0 Å². The molecule has 0 saturated carbocycles. The average Bonchev–Trinajstić information content (AvgIpc) is 2.90. The van der Waals surface area contributed by atoms with Crippen molar-refractivity contribution in [3.05, 3.63) is 70.2 Å².